The summed E-state index contributed by atoms with van der Waals surface area (Å²) in [5, 5.41) is -0.379. The van der Waals surface area contributed by atoms with E-state index in [-0.39, 0.29) is 17.3 Å². The van der Waals surface area contributed by atoms with Gasteiger partial charge < -0.3 is 9.47 Å². The van der Waals surface area contributed by atoms with E-state index in [1.807, 2.05) is 12.1 Å². The van der Waals surface area contributed by atoms with E-state index in [0.717, 1.165) is 5.56 Å². The zero-order valence-corrected chi connectivity index (χ0v) is 16.5. The lowest BCUT2D eigenvalue weighted by atomic mass is 10.1. The molecule has 6 heteroatoms. The minimum Gasteiger partial charge on any atom is -0.452 e. The highest BCUT2D eigenvalue weighted by atomic mass is 35.5. The van der Waals surface area contributed by atoms with Crippen molar-refractivity contribution in [3.8, 4) is 11.5 Å². The molecule has 0 bridgehead atoms. The van der Waals surface area contributed by atoms with E-state index in [9.17, 15) is 9.59 Å². The van der Waals surface area contributed by atoms with Crippen LogP contribution in [0.5, 0.6) is 11.5 Å². The number of ether oxygens (including phenoxy) is 2. The zero-order valence-electron chi connectivity index (χ0n) is 15.0. The number of rotatable bonds is 4. The molecule has 3 aromatic carbocycles. The molecule has 0 radical (unpaired) electrons. The number of allylic oxidation sites excluding steroid dienone is 1. The molecule has 0 aromatic heterocycles. The monoisotopic (exact) mass is 424 g/mol. The number of esters is 1. The van der Waals surface area contributed by atoms with Crippen molar-refractivity contribution in [1.29, 1.82) is 0 Å². The minimum absolute atomic E-state index is 0.172. The number of ketones is 1. The lowest BCUT2D eigenvalue weighted by molar-refractivity contribution is -0.134. The standard InChI is InChI=1S/C23H14Cl2O4/c24-16-8-4-5-14(11-16)12-20-22(26)18-10-9-17(13-19(18)29-20)28-23(27)21(25)15-6-2-1-3-7-15/h1-13,21H/b20-12-. The Hall–Kier alpha value is -3.08. The molecule has 4 rings (SSSR count). The number of alkyl halides is 1. The lowest BCUT2D eigenvalue weighted by Crippen LogP contribution is -2.14. The van der Waals surface area contributed by atoms with Crippen LogP contribution in [0.1, 0.15) is 26.9 Å². The van der Waals surface area contributed by atoms with Gasteiger partial charge in [-0.3, -0.25) is 4.79 Å². The van der Waals surface area contributed by atoms with Crippen LogP contribution in [0.2, 0.25) is 5.02 Å². The Morgan fingerprint density at radius 1 is 1.00 bits per heavy atom. The second-order valence-electron chi connectivity index (χ2n) is 6.35. The second-order valence-corrected chi connectivity index (χ2v) is 7.22. The lowest BCUT2D eigenvalue weighted by Gasteiger charge is -2.10. The smallest absolute Gasteiger partial charge is 0.334 e. The molecule has 0 fully saturated rings. The third-order valence-corrected chi connectivity index (χ3v) is 4.97. The molecular weight excluding hydrogens is 411 g/mol. The summed E-state index contributed by atoms with van der Waals surface area (Å²) in [6, 6.07) is 20.6. The van der Waals surface area contributed by atoms with Gasteiger partial charge in [-0.2, -0.15) is 0 Å². The van der Waals surface area contributed by atoms with Crippen LogP contribution in [0.4, 0.5) is 0 Å². The molecule has 1 heterocycles. The van der Waals surface area contributed by atoms with Gasteiger partial charge in [0.2, 0.25) is 5.78 Å². The van der Waals surface area contributed by atoms with Crippen molar-refractivity contribution in [2.75, 3.05) is 0 Å². The first-order valence-corrected chi connectivity index (χ1v) is 9.57. The van der Waals surface area contributed by atoms with E-state index >= 15 is 0 Å². The number of halogens is 2. The summed E-state index contributed by atoms with van der Waals surface area (Å²) in [6.45, 7) is 0. The van der Waals surface area contributed by atoms with Gasteiger partial charge in [0.05, 0.1) is 5.56 Å². The summed E-state index contributed by atoms with van der Waals surface area (Å²) in [4.78, 5) is 24.9. The second kappa shape index (κ2) is 8.11. The van der Waals surface area contributed by atoms with Crippen LogP contribution >= 0.6 is 23.2 Å². The van der Waals surface area contributed by atoms with Gasteiger partial charge in [0.15, 0.2) is 11.1 Å². The molecule has 0 spiro atoms. The number of Topliss-reactive ketones (excluding diaryl/α,β-unsaturated/α-hetero) is 1. The Balaban J connectivity index is 1.52. The first kappa shape index (κ1) is 19.2. The molecule has 1 atom stereocenters. The van der Waals surface area contributed by atoms with Crippen LogP contribution in [-0.2, 0) is 4.79 Å². The third-order valence-electron chi connectivity index (χ3n) is 4.31. The van der Waals surface area contributed by atoms with Crippen molar-refractivity contribution in [3.05, 3.63) is 100 Å². The molecule has 0 amide bonds. The van der Waals surface area contributed by atoms with Gasteiger partial charge in [0.1, 0.15) is 11.5 Å². The molecule has 29 heavy (non-hydrogen) atoms. The topological polar surface area (TPSA) is 52.6 Å². The molecule has 0 N–H and O–H groups in total. The van der Waals surface area contributed by atoms with Crippen molar-refractivity contribution in [3.63, 3.8) is 0 Å². The number of benzene rings is 3. The van der Waals surface area contributed by atoms with E-state index in [4.69, 9.17) is 32.7 Å². The first-order chi connectivity index (χ1) is 14.0. The third kappa shape index (κ3) is 4.19. The number of fused-ring (bicyclic) bond motifs is 1. The van der Waals surface area contributed by atoms with Crippen LogP contribution in [0.3, 0.4) is 0 Å². The zero-order chi connectivity index (χ0) is 20.4. The van der Waals surface area contributed by atoms with Crippen LogP contribution in [0, 0.1) is 0 Å². The van der Waals surface area contributed by atoms with Gasteiger partial charge in [-0.25, -0.2) is 4.79 Å². The first-order valence-electron chi connectivity index (χ1n) is 8.76. The maximum Gasteiger partial charge on any atom is 0.334 e. The quantitative estimate of drug-likeness (QED) is 0.228. The number of hydrogen-bond donors (Lipinski definition) is 0. The predicted molar refractivity (Wildman–Crippen MR) is 112 cm³/mol. The molecule has 1 aliphatic heterocycles. The van der Waals surface area contributed by atoms with Gasteiger partial charge in [0.25, 0.3) is 0 Å². The Kier molecular flexibility index (Phi) is 5.38. The van der Waals surface area contributed by atoms with Gasteiger partial charge in [-0.05, 0) is 41.5 Å². The average molecular weight is 425 g/mol. The van der Waals surface area contributed by atoms with Crippen molar-refractivity contribution in [1.82, 2.24) is 0 Å². The fraction of sp³-hybridized carbons (Fsp3) is 0.0435. The van der Waals surface area contributed by atoms with Crippen LogP contribution in [-0.4, -0.2) is 11.8 Å². The maximum absolute atomic E-state index is 12.6. The Bertz CT molecular complexity index is 1120. The molecule has 0 saturated heterocycles. The highest BCUT2D eigenvalue weighted by Gasteiger charge is 2.28. The molecule has 0 aliphatic carbocycles. The summed E-state index contributed by atoms with van der Waals surface area (Å²) < 4.78 is 11.0. The van der Waals surface area contributed by atoms with Crippen LogP contribution < -0.4 is 9.47 Å². The number of carbonyl (C=O) groups excluding carboxylic acids is 2. The Morgan fingerprint density at radius 3 is 2.55 bits per heavy atom. The van der Waals surface area contributed by atoms with Crippen molar-refractivity contribution in [2.24, 2.45) is 0 Å². The van der Waals surface area contributed by atoms with E-state index in [0.29, 0.717) is 21.9 Å². The minimum atomic E-state index is -0.940. The average Bonchev–Trinajstić information content (AvgIpc) is 3.03. The van der Waals surface area contributed by atoms with Crippen molar-refractivity contribution >= 4 is 41.0 Å². The fourth-order valence-electron chi connectivity index (χ4n) is 2.90. The van der Waals surface area contributed by atoms with Crippen LogP contribution in [0.25, 0.3) is 6.08 Å². The summed E-state index contributed by atoms with van der Waals surface area (Å²) in [6.07, 6.45) is 1.62. The summed E-state index contributed by atoms with van der Waals surface area (Å²) in [5.41, 5.74) is 1.77. The molecule has 4 nitrogen and oxygen atoms in total. The molecule has 1 aliphatic rings. The van der Waals surface area contributed by atoms with E-state index in [2.05, 4.69) is 0 Å². The molecular formula is C23H14Cl2O4. The fourth-order valence-corrected chi connectivity index (χ4v) is 3.29. The van der Waals surface area contributed by atoms with Gasteiger partial charge >= 0.3 is 5.97 Å². The van der Waals surface area contributed by atoms with Crippen LogP contribution in [0.15, 0.2) is 78.6 Å². The Morgan fingerprint density at radius 2 is 1.79 bits per heavy atom. The van der Waals surface area contributed by atoms with Gasteiger partial charge in [-0.15, -0.1) is 11.6 Å². The summed E-state index contributed by atoms with van der Waals surface area (Å²) in [7, 11) is 0. The number of carbonyl (C=O) groups is 2. The maximum atomic E-state index is 12.6. The highest BCUT2D eigenvalue weighted by molar-refractivity contribution is 6.31. The SMILES string of the molecule is O=C1/C(=C/c2cccc(Cl)c2)Oc2cc(OC(=O)C(Cl)c3ccccc3)ccc21. The van der Waals surface area contributed by atoms with E-state index < -0.39 is 11.3 Å². The predicted octanol–water partition coefficient (Wildman–Crippen LogP) is 5.84. The molecule has 3 aromatic rings. The molecule has 1 unspecified atom stereocenters. The Labute approximate surface area is 177 Å². The molecule has 144 valence electrons. The van der Waals surface area contributed by atoms with Crippen molar-refractivity contribution in [2.45, 2.75) is 5.38 Å². The molecule has 0 saturated carbocycles. The number of hydrogen-bond acceptors (Lipinski definition) is 4. The van der Waals surface area contributed by atoms with E-state index in [1.54, 1.807) is 54.6 Å². The normalized spacial score (nSPS) is 15.0. The van der Waals surface area contributed by atoms with Gasteiger partial charge in [-0.1, -0.05) is 54.1 Å². The largest absolute Gasteiger partial charge is 0.452 e. The summed E-state index contributed by atoms with van der Waals surface area (Å²) >= 11 is 12.2. The van der Waals surface area contributed by atoms with E-state index in [1.165, 1.54) is 12.1 Å². The van der Waals surface area contributed by atoms with Crippen molar-refractivity contribution < 1.29 is 19.1 Å². The highest BCUT2D eigenvalue weighted by Crippen LogP contribution is 2.35. The van der Waals surface area contributed by atoms with Gasteiger partial charge in [0, 0.05) is 11.1 Å². The summed E-state index contributed by atoms with van der Waals surface area (Å²) in [5.74, 6) is -0.133.